The molecule has 0 radical (unpaired) electrons. The molecule has 0 aliphatic heterocycles. The van der Waals surface area contributed by atoms with Gasteiger partial charge in [0.25, 0.3) is 8.53 Å². The first kappa shape index (κ1) is 30.7. The van der Waals surface area contributed by atoms with Crippen LogP contribution in [-0.2, 0) is 9.05 Å². The second-order valence-corrected chi connectivity index (χ2v) is 11.5. The van der Waals surface area contributed by atoms with Crippen LogP contribution in [0.25, 0.3) is 4.85 Å². The van der Waals surface area contributed by atoms with E-state index in [9.17, 15) is 9.59 Å². The zero-order valence-corrected chi connectivity index (χ0v) is 24.6. The fourth-order valence-electron chi connectivity index (χ4n) is 4.68. The van der Waals surface area contributed by atoms with Crippen LogP contribution >= 0.6 is 8.53 Å². The van der Waals surface area contributed by atoms with E-state index in [2.05, 4.69) is 54.8 Å². The molecule has 0 aromatic heterocycles. The van der Waals surface area contributed by atoms with Gasteiger partial charge in [-0.2, -0.15) is 0 Å². The quantitative estimate of drug-likeness (QED) is 0.115. The number of hydrogen-bond acceptors (Lipinski definition) is 7. The van der Waals surface area contributed by atoms with Gasteiger partial charge in [-0.05, 0) is 52.7 Å². The van der Waals surface area contributed by atoms with E-state index in [0.29, 0.717) is 66.4 Å². The maximum absolute atomic E-state index is 13.6. The molecule has 39 heavy (non-hydrogen) atoms. The van der Waals surface area contributed by atoms with Crippen molar-refractivity contribution >= 4 is 31.5 Å². The lowest BCUT2D eigenvalue weighted by Gasteiger charge is -2.35. The van der Waals surface area contributed by atoms with E-state index in [1.165, 1.54) is 0 Å². The SMILES string of the molecule is [C-]#[N+]CCOP(OCCCNc1cccc2c1C(=O)c1cccc(NCCCC)c1C2=O)N(C(C)C)C(C)C. The fraction of sp³-hybridized carbons (Fsp3) is 0.500. The van der Waals surface area contributed by atoms with E-state index >= 15 is 0 Å². The molecule has 0 heterocycles. The van der Waals surface area contributed by atoms with E-state index in [1.807, 2.05) is 24.3 Å². The van der Waals surface area contributed by atoms with Crippen molar-refractivity contribution in [3.05, 3.63) is 70.1 Å². The molecule has 2 N–H and O–H groups in total. The maximum Gasteiger partial charge on any atom is 0.259 e. The average Bonchev–Trinajstić information content (AvgIpc) is 2.91. The Kier molecular flexibility index (Phi) is 11.9. The summed E-state index contributed by atoms with van der Waals surface area (Å²) in [7, 11) is -1.29. The number of anilines is 2. The summed E-state index contributed by atoms with van der Waals surface area (Å²) < 4.78 is 14.3. The number of unbranched alkanes of at least 4 members (excludes halogenated alkanes) is 1. The molecule has 1 aliphatic carbocycles. The van der Waals surface area contributed by atoms with Crippen LogP contribution in [0, 0.1) is 6.57 Å². The molecule has 1 atom stereocenters. The minimum absolute atomic E-state index is 0.129. The molecule has 0 fully saturated rings. The topological polar surface area (TPSA) is 84.3 Å². The van der Waals surface area contributed by atoms with Crippen molar-refractivity contribution in [2.45, 2.75) is 66.0 Å². The second-order valence-electron chi connectivity index (χ2n) is 10.0. The standard InChI is InChI=1S/C30H41N4O4P/c1-7-8-16-32-25-14-9-12-23-27(25)29(35)24-13-10-15-26(28(24)30(23)36)33-17-11-19-37-39(38-20-18-31-6)34(21(2)3)22(4)5/h9-10,12-15,21-22,32-33H,7-8,11,16-20H2,1-5H3. The highest BCUT2D eigenvalue weighted by atomic mass is 31.2. The van der Waals surface area contributed by atoms with Crippen LogP contribution in [0.3, 0.4) is 0 Å². The molecule has 3 rings (SSSR count). The molecule has 0 bridgehead atoms. The highest BCUT2D eigenvalue weighted by Crippen LogP contribution is 2.46. The summed E-state index contributed by atoms with van der Waals surface area (Å²) in [6.45, 7) is 20.0. The van der Waals surface area contributed by atoms with Gasteiger partial charge in [0.05, 0.1) is 17.7 Å². The molecular formula is C30H41N4O4P. The summed E-state index contributed by atoms with van der Waals surface area (Å²) >= 11 is 0. The number of hydrogen-bond donors (Lipinski definition) is 2. The van der Waals surface area contributed by atoms with Crippen molar-refractivity contribution in [2.24, 2.45) is 0 Å². The van der Waals surface area contributed by atoms with Crippen LogP contribution in [-0.4, -0.2) is 61.2 Å². The predicted molar refractivity (Wildman–Crippen MR) is 159 cm³/mol. The first-order valence-electron chi connectivity index (χ1n) is 13.8. The predicted octanol–water partition coefficient (Wildman–Crippen LogP) is 6.77. The van der Waals surface area contributed by atoms with Crippen LogP contribution < -0.4 is 10.6 Å². The van der Waals surface area contributed by atoms with Crippen molar-refractivity contribution in [1.29, 1.82) is 0 Å². The van der Waals surface area contributed by atoms with Gasteiger partial charge >= 0.3 is 0 Å². The number of carbonyl (C=O) groups is 2. The van der Waals surface area contributed by atoms with E-state index in [1.54, 1.807) is 12.1 Å². The van der Waals surface area contributed by atoms with Gasteiger partial charge in [-0.25, -0.2) is 11.2 Å². The van der Waals surface area contributed by atoms with E-state index in [-0.39, 0.29) is 23.7 Å². The molecule has 210 valence electrons. The molecule has 0 spiro atoms. The highest BCUT2D eigenvalue weighted by molar-refractivity contribution is 7.44. The summed E-state index contributed by atoms with van der Waals surface area (Å²) in [5, 5.41) is 6.69. The van der Waals surface area contributed by atoms with Crippen molar-refractivity contribution in [3.63, 3.8) is 0 Å². The fourth-order valence-corrected chi connectivity index (χ4v) is 6.30. The molecule has 8 nitrogen and oxygen atoms in total. The largest absolute Gasteiger partial charge is 0.384 e. The Morgan fingerprint density at radius 1 is 0.846 bits per heavy atom. The van der Waals surface area contributed by atoms with E-state index < -0.39 is 8.53 Å². The van der Waals surface area contributed by atoms with Gasteiger partial charge in [-0.1, -0.05) is 37.6 Å². The third-order valence-corrected chi connectivity index (χ3v) is 8.52. The summed E-state index contributed by atoms with van der Waals surface area (Å²) in [6.07, 6.45) is 2.72. The lowest BCUT2D eigenvalue weighted by atomic mass is 9.82. The number of nitrogens with one attached hydrogen (secondary N) is 2. The highest BCUT2D eigenvalue weighted by Gasteiger charge is 2.33. The normalized spacial score (nSPS) is 13.4. The van der Waals surface area contributed by atoms with E-state index in [4.69, 9.17) is 15.6 Å². The second kappa shape index (κ2) is 15.1. The van der Waals surface area contributed by atoms with Gasteiger partial charge < -0.3 is 24.5 Å². The zero-order valence-electron chi connectivity index (χ0n) is 23.8. The maximum atomic E-state index is 13.6. The van der Waals surface area contributed by atoms with Crippen molar-refractivity contribution < 1.29 is 18.6 Å². The van der Waals surface area contributed by atoms with Crippen molar-refractivity contribution in [1.82, 2.24) is 4.67 Å². The average molecular weight is 553 g/mol. The number of rotatable bonds is 16. The van der Waals surface area contributed by atoms with Crippen molar-refractivity contribution in [3.8, 4) is 0 Å². The molecule has 2 aromatic rings. The Labute approximate surface area is 234 Å². The van der Waals surface area contributed by atoms with Gasteiger partial charge in [0, 0.05) is 47.7 Å². The first-order chi connectivity index (χ1) is 18.8. The zero-order chi connectivity index (χ0) is 28.4. The summed E-state index contributed by atoms with van der Waals surface area (Å²) in [5.74, 6) is -0.268. The third kappa shape index (κ3) is 7.64. The molecule has 2 aromatic carbocycles. The van der Waals surface area contributed by atoms with Crippen molar-refractivity contribution in [2.75, 3.05) is 43.5 Å². The van der Waals surface area contributed by atoms with Gasteiger partial charge in [-0.3, -0.25) is 9.59 Å². The van der Waals surface area contributed by atoms with Crippen LogP contribution in [0.15, 0.2) is 36.4 Å². The molecule has 1 aliphatic rings. The number of ketones is 2. The van der Waals surface area contributed by atoms with Crippen LogP contribution in [0.2, 0.25) is 0 Å². The lowest BCUT2D eigenvalue weighted by Crippen LogP contribution is -2.34. The molecule has 1 unspecified atom stereocenters. The smallest absolute Gasteiger partial charge is 0.259 e. The molecule has 0 saturated heterocycles. The number of carbonyl (C=O) groups excluding carboxylic acids is 2. The Morgan fingerprint density at radius 3 is 1.85 bits per heavy atom. The molecule has 0 amide bonds. The minimum atomic E-state index is -1.29. The van der Waals surface area contributed by atoms with Crippen LogP contribution in [0.1, 0.15) is 85.7 Å². The minimum Gasteiger partial charge on any atom is -0.384 e. The summed E-state index contributed by atoms with van der Waals surface area (Å²) in [6, 6.07) is 11.3. The van der Waals surface area contributed by atoms with Crippen LogP contribution in [0.4, 0.5) is 11.4 Å². The van der Waals surface area contributed by atoms with Gasteiger partial charge in [0.1, 0.15) is 6.61 Å². The van der Waals surface area contributed by atoms with Gasteiger partial charge in [-0.15, -0.1) is 0 Å². The van der Waals surface area contributed by atoms with Gasteiger partial charge in [0.2, 0.25) is 6.54 Å². The number of fused-ring (bicyclic) bond motifs is 2. The molecular weight excluding hydrogens is 511 g/mol. The lowest BCUT2D eigenvalue weighted by molar-refractivity contribution is 0.0980. The molecule has 9 heteroatoms. The molecule has 0 saturated carbocycles. The Morgan fingerprint density at radius 2 is 1.36 bits per heavy atom. The number of nitrogens with zero attached hydrogens (tertiary/aromatic N) is 2. The summed E-state index contributed by atoms with van der Waals surface area (Å²) in [5.41, 5.74) is 3.13. The Balaban J connectivity index is 1.67. The van der Waals surface area contributed by atoms with Gasteiger partial charge in [0.15, 0.2) is 11.6 Å². The number of benzene rings is 2. The Bertz CT molecular complexity index is 1170. The Hall–Kier alpha value is -2.82. The monoisotopic (exact) mass is 552 g/mol. The summed E-state index contributed by atoms with van der Waals surface area (Å²) in [4.78, 5) is 30.5. The third-order valence-electron chi connectivity index (χ3n) is 6.41. The van der Waals surface area contributed by atoms with E-state index in [0.717, 1.165) is 19.4 Å². The van der Waals surface area contributed by atoms with Crippen LogP contribution in [0.5, 0.6) is 0 Å². The first-order valence-corrected chi connectivity index (χ1v) is 14.9.